The van der Waals surface area contributed by atoms with E-state index in [9.17, 15) is 0 Å². The van der Waals surface area contributed by atoms with Gasteiger partial charge in [-0.15, -0.1) is 0 Å². The van der Waals surface area contributed by atoms with Crippen LogP contribution in [0.4, 0.5) is 5.82 Å². The highest BCUT2D eigenvalue weighted by molar-refractivity contribution is 5.61. The van der Waals surface area contributed by atoms with Gasteiger partial charge in [0.2, 0.25) is 0 Å². The molecule has 3 aliphatic carbocycles. The van der Waals surface area contributed by atoms with Crippen molar-refractivity contribution in [3.8, 4) is 11.3 Å². The molecule has 1 aliphatic heterocycles. The number of pyridine rings is 1. The van der Waals surface area contributed by atoms with E-state index in [1.54, 1.807) is 0 Å². The van der Waals surface area contributed by atoms with Crippen molar-refractivity contribution in [1.82, 2.24) is 24.3 Å². The fourth-order valence-corrected chi connectivity index (χ4v) is 5.60. The van der Waals surface area contributed by atoms with Crippen molar-refractivity contribution in [1.29, 1.82) is 0 Å². The van der Waals surface area contributed by atoms with E-state index in [1.165, 1.54) is 51.3 Å². The first-order chi connectivity index (χ1) is 13.3. The molecule has 2 bridgehead atoms. The van der Waals surface area contributed by atoms with E-state index in [0.717, 1.165) is 16.8 Å². The average Bonchev–Trinajstić information content (AvgIpc) is 3.02. The summed E-state index contributed by atoms with van der Waals surface area (Å²) in [6, 6.07) is 2.10. The molecule has 3 saturated carbocycles. The van der Waals surface area contributed by atoms with Gasteiger partial charge in [0.25, 0.3) is 0 Å². The normalized spacial score (nSPS) is 30.3. The van der Waals surface area contributed by atoms with Crippen LogP contribution in [0.25, 0.3) is 11.3 Å². The Labute approximate surface area is 167 Å². The van der Waals surface area contributed by atoms with Gasteiger partial charge in [-0.05, 0) is 44.9 Å². The molecule has 1 saturated heterocycles. The molecule has 3 heterocycles. The van der Waals surface area contributed by atoms with E-state index in [2.05, 4.69) is 52.5 Å². The van der Waals surface area contributed by atoms with Gasteiger partial charge in [-0.1, -0.05) is 13.8 Å². The molecular weight excluding hydrogens is 348 g/mol. The van der Waals surface area contributed by atoms with Crippen LogP contribution < -0.4 is 5.73 Å². The molecule has 2 aromatic rings. The van der Waals surface area contributed by atoms with Crippen molar-refractivity contribution in [3.05, 3.63) is 29.8 Å². The van der Waals surface area contributed by atoms with E-state index in [0.29, 0.717) is 17.3 Å². The minimum Gasteiger partial charge on any atom is -0.383 e. The average molecular weight is 381 g/mol. The van der Waals surface area contributed by atoms with Crippen molar-refractivity contribution in [2.45, 2.75) is 57.0 Å². The lowest BCUT2D eigenvalue weighted by atomic mass is 9.43. The number of nitrogen functional groups attached to an aromatic ring is 1. The summed E-state index contributed by atoms with van der Waals surface area (Å²) in [6.45, 7) is 11.3. The van der Waals surface area contributed by atoms with Crippen LogP contribution >= 0.6 is 0 Å². The maximum absolute atomic E-state index is 5.91. The molecule has 0 aromatic carbocycles. The Morgan fingerprint density at radius 2 is 1.75 bits per heavy atom. The predicted molar refractivity (Wildman–Crippen MR) is 112 cm³/mol. The molecular formula is C22H32N6. The molecule has 150 valence electrons. The Hall–Kier alpha value is -1.92. The molecule has 6 heteroatoms. The molecule has 0 radical (unpaired) electrons. The topological polar surface area (TPSA) is 63.2 Å². The van der Waals surface area contributed by atoms with Gasteiger partial charge in [-0.3, -0.25) is 4.90 Å². The van der Waals surface area contributed by atoms with Crippen LogP contribution in [0, 0.1) is 6.92 Å². The largest absolute Gasteiger partial charge is 0.383 e. The molecule has 28 heavy (non-hydrogen) atoms. The zero-order valence-corrected chi connectivity index (χ0v) is 17.6. The maximum atomic E-state index is 5.91. The van der Waals surface area contributed by atoms with Crippen molar-refractivity contribution in [3.63, 3.8) is 0 Å². The summed E-state index contributed by atoms with van der Waals surface area (Å²) < 4.78 is 2.51. The monoisotopic (exact) mass is 380 g/mol. The van der Waals surface area contributed by atoms with Crippen molar-refractivity contribution >= 4 is 5.82 Å². The summed E-state index contributed by atoms with van der Waals surface area (Å²) in [6.07, 6.45) is 7.96. The van der Waals surface area contributed by atoms with E-state index in [1.807, 2.05) is 13.1 Å². The summed E-state index contributed by atoms with van der Waals surface area (Å²) in [5, 5.41) is 0. The molecule has 0 amide bonds. The molecule has 0 unspecified atom stereocenters. The molecule has 2 N–H and O–H groups in total. The zero-order chi connectivity index (χ0) is 19.7. The Morgan fingerprint density at radius 1 is 1.07 bits per heavy atom. The van der Waals surface area contributed by atoms with Crippen LogP contribution in [-0.4, -0.2) is 63.1 Å². The minimum atomic E-state index is 0.282. The summed E-state index contributed by atoms with van der Waals surface area (Å²) in [7, 11) is 2.23. The van der Waals surface area contributed by atoms with Gasteiger partial charge >= 0.3 is 0 Å². The number of imidazole rings is 1. The number of aromatic nitrogens is 3. The van der Waals surface area contributed by atoms with Crippen LogP contribution in [0.3, 0.4) is 0 Å². The molecule has 0 spiro atoms. The zero-order valence-electron chi connectivity index (χ0n) is 17.6. The van der Waals surface area contributed by atoms with Crippen LogP contribution in [0.2, 0.25) is 0 Å². The third-order valence-corrected chi connectivity index (χ3v) is 7.32. The van der Waals surface area contributed by atoms with Crippen LogP contribution in [0.1, 0.15) is 50.4 Å². The van der Waals surface area contributed by atoms with Crippen molar-refractivity contribution < 1.29 is 0 Å². The Kier molecular flexibility index (Phi) is 3.91. The number of rotatable bonds is 4. The third kappa shape index (κ3) is 2.54. The van der Waals surface area contributed by atoms with Crippen molar-refractivity contribution in [2.75, 3.05) is 39.0 Å². The first-order valence-corrected chi connectivity index (χ1v) is 10.6. The number of piperazine rings is 1. The summed E-state index contributed by atoms with van der Waals surface area (Å²) >= 11 is 0. The quantitative estimate of drug-likeness (QED) is 0.884. The second-order valence-corrected chi connectivity index (χ2v) is 9.70. The molecule has 0 atom stereocenters. The van der Waals surface area contributed by atoms with Crippen LogP contribution in [0.5, 0.6) is 0 Å². The number of aryl methyl sites for hydroxylation is 1. The molecule has 4 aliphatic rings. The second-order valence-electron chi connectivity index (χ2n) is 9.70. The van der Waals surface area contributed by atoms with Gasteiger partial charge in [-0.25, -0.2) is 9.97 Å². The maximum Gasteiger partial charge on any atom is 0.126 e. The Balaban J connectivity index is 1.41. The number of hydrogen-bond acceptors (Lipinski definition) is 5. The second kappa shape index (κ2) is 6.04. The van der Waals surface area contributed by atoms with E-state index in [-0.39, 0.29) is 5.54 Å². The lowest BCUT2D eigenvalue weighted by Crippen LogP contribution is -2.80. The minimum absolute atomic E-state index is 0.282. The van der Waals surface area contributed by atoms with Crippen molar-refractivity contribution in [2.24, 2.45) is 0 Å². The molecule has 6 rings (SSSR count). The fourth-order valence-electron chi connectivity index (χ4n) is 5.60. The molecule has 6 nitrogen and oxygen atoms in total. The smallest absolute Gasteiger partial charge is 0.126 e. The summed E-state index contributed by atoms with van der Waals surface area (Å²) in [4.78, 5) is 14.6. The number of nitrogens with zero attached hydrogens (tertiary/aromatic N) is 5. The third-order valence-electron chi connectivity index (χ3n) is 7.32. The number of hydrogen-bond donors (Lipinski definition) is 1. The highest BCUT2D eigenvalue weighted by Crippen LogP contribution is 2.68. The number of likely N-dealkylation sites (N-methyl/N-ethyl adjacent to an activating group) is 1. The van der Waals surface area contributed by atoms with Gasteiger partial charge in [-0.2, -0.15) is 0 Å². The standard InChI is InChI=1S/C22H32N6/c1-15(2)20-25-18(17-9-16(3)19(23)24-10-17)11-28(20)22-12-21(13-22,14-22)27-7-5-26(4)6-8-27/h9-11,15H,5-8,12-14H2,1-4H3,(H2,23,24). The van der Waals surface area contributed by atoms with Crippen LogP contribution in [-0.2, 0) is 5.54 Å². The summed E-state index contributed by atoms with van der Waals surface area (Å²) in [5.41, 5.74) is 9.75. The predicted octanol–water partition coefficient (Wildman–Crippen LogP) is 2.84. The lowest BCUT2D eigenvalue weighted by Gasteiger charge is -2.75. The Morgan fingerprint density at radius 3 is 2.36 bits per heavy atom. The van der Waals surface area contributed by atoms with Gasteiger partial charge in [0.15, 0.2) is 0 Å². The molecule has 4 fully saturated rings. The SMILES string of the molecule is Cc1cc(-c2cn(C34CC(N5CCN(C)CC5)(C3)C4)c(C(C)C)n2)cnc1N. The highest BCUT2D eigenvalue weighted by atomic mass is 15.4. The van der Waals surface area contributed by atoms with Gasteiger partial charge < -0.3 is 15.2 Å². The van der Waals surface area contributed by atoms with Gasteiger partial charge in [0.1, 0.15) is 11.6 Å². The van der Waals surface area contributed by atoms with E-state index < -0.39 is 0 Å². The number of anilines is 1. The molecule has 2 aromatic heterocycles. The highest BCUT2D eigenvalue weighted by Gasteiger charge is 2.71. The Bertz CT molecular complexity index is 886. The van der Waals surface area contributed by atoms with E-state index >= 15 is 0 Å². The first-order valence-electron chi connectivity index (χ1n) is 10.6. The van der Waals surface area contributed by atoms with E-state index in [4.69, 9.17) is 10.7 Å². The van der Waals surface area contributed by atoms with Gasteiger partial charge in [0.05, 0.1) is 11.2 Å². The first kappa shape index (κ1) is 18.1. The van der Waals surface area contributed by atoms with Crippen LogP contribution in [0.15, 0.2) is 18.5 Å². The van der Waals surface area contributed by atoms with Gasteiger partial charge in [0, 0.05) is 55.6 Å². The summed E-state index contributed by atoms with van der Waals surface area (Å²) in [5.74, 6) is 2.21. The fraction of sp³-hybridized carbons (Fsp3) is 0.636. The lowest BCUT2D eigenvalue weighted by molar-refractivity contribution is -0.213. The number of nitrogens with two attached hydrogens (primary N) is 1.